The fraction of sp³-hybridized carbons (Fsp3) is 0.0455. The summed E-state index contributed by atoms with van der Waals surface area (Å²) in [4.78, 5) is 0. The summed E-state index contributed by atoms with van der Waals surface area (Å²) < 4.78 is 4.51. The van der Waals surface area contributed by atoms with Gasteiger partial charge in [0.15, 0.2) is 0 Å². The summed E-state index contributed by atoms with van der Waals surface area (Å²) in [5.74, 6) is 0. The van der Waals surface area contributed by atoms with Crippen LogP contribution in [0.5, 0.6) is 0 Å². The van der Waals surface area contributed by atoms with Crippen molar-refractivity contribution in [3.63, 3.8) is 0 Å². The fourth-order valence-electron chi connectivity index (χ4n) is 7.60. The van der Waals surface area contributed by atoms with Crippen molar-refractivity contribution in [3.8, 4) is 29.0 Å². The van der Waals surface area contributed by atoms with E-state index in [1.54, 1.807) is 0 Å². The van der Waals surface area contributed by atoms with E-state index in [9.17, 15) is 10.5 Å². The Morgan fingerprint density at radius 3 is 1.83 bits per heavy atom. The Morgan fingerprint density at radius 1 is 0.521 bits per heavy atom. The second kappa shape index (κ2) is 11.0. The third-order valence-corrected chi connectivity index (χ3v) is 9.69. The van der Waals surface area contributed by atoms with E-state index >= 15 is 0 Å². The number of nitrogens with zero attached hydrogens (tertiary/aromatic N) is 4. The van der Waals surface area contributed by atoms with Gasteiger partial charge in [-0.15, -0.1) is 0 Å². The van der Waals surface area contributed by atoms with E-state index in [-0.39, 0.29) is 0 Å². The van der Waals surface area contributed by atoms with Crippen molar-refractivity contribution in [2.45, 2.75) is 12.8 Å². The molecule has 0 radical (unpaired) electrons. The maximum atomic E-state index is 10.5. The highest BCUT2D eigenvalue weighted by Crippen LogP contribution is 2.40. The molecule has 1 aliphatic carbocycles. The van der Waals surface area contributed by atoms with Gasteiger partial charge in [0.1, 0.15) is 6.07 Å². The second-order valence-corrected chi connectivity index (χ2v) is 12.3. The number of aromatic nitrogens is 2. The van der Waals surface area contributed by atoms with Crippen molar-refractivity contribution in [2.24, 2.45) is 0 Å². The Kier molecular flexibility index (Phi) is 6.35. The zero-order valence-electron chi connectivity index (χ0n) is 26.1. The number of allylic oxidation sites excluding steroid dienone is 4. The molecule has 48 heavy (non-hydrogen) atoms. The summed E-state index contributed by atoms with van der Waals surface area (Å²) in [5.41, 5.74) is 11.8. The summed E-state index contributed by atoms with van der Waals surface area (Å²) >= 11 is 0. The molecule has 0 bridgehead atoms. The summed E-state index contributed by atoms with van der Waals surface area (Å²) in [6.45, 7) is 0. The van der Waals surface area contributed by atoms with Crippen LogP contribution in [-0.2, 0) is 0 Å². The van der Waals surface area contributed by atoms with Crippen molar-refractivity contribution in [2.75, 3.05) is 0 Å². The molecule has 4 heteroatoms. The molecule has 8 aromatic rings. The number of fused-ring (bicyclic) bond motifs is 6. The molecule has 0 aliphatic heterocycles. The Bertz CT molecular complexity index is 2700. The van der Waals surface area contributed by atoms with Gasteiger partial charge in [0.25, 0.3) is 0 Å². The predicted octanol–water partition coefficient (Wildman–Crippen LogP) is 11.0. The number of hydrogen-bond donors (Lipinski definition) is 0. The van der Waals surface area contributed by atoms with E-state index < -0.39 is 0 Å². The molecule has 2 heterocycles. The minimum absolute atomic E-state index is 0.630. The lowest BCUT2D eigenvalue weighted by molar-refractivity contribution is 1.04. The van der Waals surface area contributed by atoms with Crippen LogP contribution in [0, 0.1) is 22.7 Å². The van der Waals surface area contributed by atoms with Crippen LogP contribution in [0.15, 0.2) is 146 Å². The number of benzene rings is 6. The zero-order chi connectivity index (χ0) is 32.2. The normalized spacial score (nSPS) is 13.0. The van der Waals surface area contributed by atoms with E-state index in [0.717, 1.165) is 73.8 Å². The molecular formula is C44H28N4. The molecule has 0 amide bonds. The third-order valence-electron chi connectivity index (χ3n) is 9.69. The minimum Gasteiger partial charge on any atom is -0.309 e. The van der Waals surface area contributed by atoms with Gasteiger partial charge in [-0.2, -0.15) is 10.5 Å². The molecule has 0 saturated carbocycles. The summed E-state index contributed by atoms with van der Waals surface area (Å²) in [6.07, 6.45) is 6.23. The first-order valence-electron chi connectivity index (χ1n) is 16.2. The monoisotopic (exact) mass is 612 g/mol. The Morgan fingerprint density at radius 2 is 1.12 bits per heavy atom. The Labute approximate surface area is 277 Å². The van der Waals surface area contributed by atoms with Gasteiger partial charge in [-0.1, -0.05) is 97.1 Å². The standard InChI is InChI=1S/C44H28N4/c45-27-31-13-10-18-39-38-17-4-8-22-43(38)48(44(31)39)40-19-5-1-14-35(40)30-12-9-11-29(25-30)34-24-23-33(26-32(34)28-46)47-41-20-6-2-15-36(41)37-16-3-7-21-42(37)47/h2-13,15-26H,1,14H2. The molecule has 9 rings (SSSR count). The minimum atomic E-state index is 0.630. The number of nitriles is 2. The van der Waals surface area contributed by atoms with Gasteiger partial charge >= 0.3 is 0 Å². The van der Waals surface area contributed by atoms with Gasteiger partial charge in [-0.05, 0) is 83.6 Å². The van der Waals surface area contributed by atoms with Gasteiger partial charge in [-0.25, -0.2) is 0 Å². The summed E-state index contributed by atoms with van der Waals surface area (Å²) in [7, 11) is 0. The molecule has 0 fully saturated rings. The molecule has 0 saturated heterocycles. The first-order valence-corrected chi connectivity index (χ1v) is 16.2. The summed E-state index contributed by atoms with van der Waals surface area (Å²) in [6, 6.07) is 50.9. The predicted molar refractivity (Wildman–Crippen MR) is 197 cm³/mol. The van der Waals surface area contributed by atoms with Gasteiger partial charge in [0, 0.05) is 32.9 Å². The van der Waals surface area contributed by atoms with Crippen LogP contribution in [0.25, 0.3) is 71.7 Å². The molecule has 0 unspecified atom stereocenters. The van der Waals surface area contributed by atoms with Crippen molar-refractivity contribution in [1.29, 1.82) is 10.5 Å². The summed E-state index contributed by atoms with van der Waals surface area (Å²) in [5, 5.41) is 25.2. The number of hydrogen-bond acceptors (Lipinski definition) is 2. The highest BCUT2D eigenvalue weighted by molar-refractivity contribution is 6.14. The van der Waals surface area contributed by atoms with Gasteiger partial charge in [0.2, 0.25) is 0 Å². The molecule has 6 aromatic carbocycles. The third kappa shape index (κ3) is 4.14. The lowest BCUT2D eigenvalue weighted by Gasteiger charge is -2.20. The maximum Gasteiger partial charge on any atom is 0.101 e. The van der Waals surface area contributed by atoms with E-state index in [1.165, 1.54) is 16.3 Å². The molecule has 0 atom stereocenters. The second-order valence-electron chi connectivity index (χ2n) is 12.3. The van der Waals surface area contributed by atoms with Crippen LogP contribution in [0.2, 0.25) is 0 Å². The average molecular weight is 613 g/mol. The van der Waals surface area contributed by atoms with Crippen LogP contribution < -0.4 is 0 Å². The van der Waals surface area contributed by atoms with Crippen molar-refractivity contribution in [1.82, 2.24) is 9.13 Å². The molecule has 1 aliphatic rings. The van der Waals surface area contributed by atoms with Crippen molar-refractivity contribution in [3.05, 3.63) is 162 Å². The molecule has 2 aromatic heterocycles. The largest absolute Gasteiger partial charge is 0.309 e. The van der Waals surface area contributed by atoms with Crippen LogP contribution in [0.3, 0.4) is 0 Å². The van der Waals surface area contributed by atoms with Crippen LogP contribution in [-0.4, -0.2) is 9.13 Å². The topological polar surface area (TPSA) is 57.4 Å². The van der Waals surface area contributed by atoms with Crippen molar-refractivity contribution >= 4 is 54.9 Å². The first-order chi connectivity index (χ1) is 23.7. The van der Waals surface area contributed by atoms with E-state index in [4.69, 9.17) is 0 Å². The van der Waals surface area contributed by atoms with E-state index in [1.807, 2.05) is 18.2 Å². The molecule has 0 spiro atoms. The first kappa shape index (κ1) is 27.7. The quantitative estimate of drug-likeness (QED) is 0.199. The molecular weight excluding hydrogens is 585 g/mol. The fourth-order valence-corrected chi connectivity index (χ4v) is 7.60. The highest BCUT2D eigenvalue weighted by atomic mass is 15.0. The Balaban J connectivity index is 1.21. The number of rotatable bonds is 4. The molecule has 0 N–H and O–H groups in total. The lowest BCUT2D eigenvalue weighted by Crippen LogP contribution is -2.03. The van der Waals surface area contributed by atoms with Gasteiger partial charge in [-0.3, -0.25) is 0 Å². The smallest absolute Gasteiger partial charge is 0.101 e. The highest BCUT2D eigenvalue weighted by Gasteiger charge is 2.21. The average Bonchev–Trinajstić information content (AvgIpc) is 3.68. The van der Waals surface area contributed by atoms with Gasteiger partial charge < -0.3 is 9.13 Å². The zero-order valence-corrected chi connectivity index (χ0v) is 26.1. The Hall–Kier alpha value is -6.62. The van der Waals surface area contributed by atoms with Crippen LogP contribution in [0.1, 0.15) is 29.5 Å². The number of para-hydroxylation sites is 4. The van der Waals surface area contributed by atoms with Crippen LogP contribution in [0.4, 0.5) is 0 Å². The molecule has 4 nitrogen and oxygen atoms in total. The maximum absolute atomic E-state index is 10.5. The lowest BCUT2D eigenvalue weighted by atomic mass is 9.91. The van der Waals surface area contributed by atoms with Gasteiger partial charge in [0.05, 0.1) is 39.3 Å². The molecule has 224 valence electrons. The van der Waals surface area contributed by atoms with Crippen LogP contribution >= 0.6 is 0 Å². The SMILES string of the molecule is N#Cc1cc(-n2c3ccccc3c3ccccc32)ccc1-c1cccc(C2=C(n3c4ccccc4c4cccc(C#N)c43)C=CCC2)c1. The van der Waals surface area contributed by atoms with E-state index in [0.29, 0.717) is 11.1 Å². The van der Waals surface area contributed by atoms with Crippen molar-refractivity contribution < 1.29 is 0 Å². The van der Waals surface area contributed by atoms with E-state index in [2.05, 4.69) is 149 Å².